The number of halogens is 1. The van der Waals surface area contributed by atoms with Crippen molar-refractivity contribution in [3.8, 4) is 11.5 Å². The van der Waals surface area contributed by atoms with Gasteiger partial charge in [-0.1, -0.05) is 11.3 Å². The van der Waals surface area contributed by atoms with Gasteiger partial charge < -0.3 is 14.0 Å². The Balaban J connectivity index is 2.15. The Hall–Kier alpha value is -2.32. The van der Waals surface area contributed by atoms with E-state index in [9.17, 15) is 9.18 Å². The first-order valence-electron chi connectivity index (χ1n) is 8.16. The lowest BCUT2D eigenvalue weighted by atomic mass is 10.2. The number of benzene rings is 2. The molecule has 0 unspecified atom stereocenters. The zero-order chi connectivity index (χ0) is 19.4. The minimum absolute atomic E-state index is 0.348. The van der Waals surface area contributed by atoms with Crippen LogP contribution in [-0.2, 0) is 6.54 Å². The average Bonchev–Trinajstić information content (AvgIpc) is 3.01. The summed E-state index contributed by atoms with van der Waals surface area (Å²) in [6.07, 6.45) is 2.03. The topological polar surface area (TPSA) is 52.8 Å². The number of rotatable bonds is 6. The van der Waals surface area contributed by atoms with Gasteiger partial charge in [0.05, 0.1) is 24.4 Å². The summed E-state index contributed by atoms with van der Waals surface area (Å²) in [7, 11) is 3.17. The number of fused-ring (bicyclic) bond motifs is 1. The minimum Gasteiger partial charge on any atom is -0.493 e. The predicted octanol–water partition coefficient (Wildman–Crippen LogP) is 3.96. The Morgan fingerprint density at radius 1 is 1.19 bits per heavy atom. The van der Waals surface area contributed by atoms with Gasteiger partial charge in [-0.05, 0) is 30.5 Å². The van der Waals surface area contributed by atoms with Gasteiger partial charge >= 0.3 is 0 Å². The van der Waals surface area contributed by atoms with Crippen molar-refractivity contribution in [2.45, 2.75) is 6.54 Å². The van der Waals surface area contributed by atoms with Gasteiger partial charge in [-0.25, -0.2) is 4.39 Å². The van der Waals surface area contributed by atoms with Crippen LogP contribution in [0.3, 0.4) is 0 Å². The molecule has 0 N–H and O–H groups in total. The van der Waals surface area contributed by atoms with Gasteiger partial charge in [0, 0.05) is 30.0 Å². The number of ether oxygens (including phenoxy) is 2. The lowest BCUT2D eigenvalue weighted by molar-refractivity contribution is 0.0998. The maximum atomic E-state index is 13.1. The molecule has 0 aliphatic carbocycles. The zero-order valence-electron chi connectivity index (χ0n) is 15.2. The number of aryl methyl sites for hydroxylation is 1. The number of carbonyl (C=O) groups is 1. The van der Waals surface area contributed by atoms with Crippen molar-refractivity contribution in [3.05, 3.63) is 52.6 Å². The number of methoxy groups -OCH3 is 2. The number of thioether (sulfide) groups is 1. The molecule has 3 aromatic rings. The van der Waals surface area contributed by atoms with E-state index in [0.717, 1.165) is 16.0 Å². The molecule has 2 aromatic carbocycles. The summed E-state index contributed by atoms with van der Waals surface area (Å²) in [4.78, 5) is 17.4. The van der Waals surface area contributed by atoms with Gasteiger partial charge in [0.15, 0.2) is 16.3 Å². The molecular formula is C19H19FN2O3S2. The second-order valence-electron chi connectivity index (χ2n) is 5.63. The van der Waals surface area contributed by atoms with E-state index in [2.05, 4.69) is 4.99 Å². The minimum atomic E-state index is -0.404. The molecule has 1 aromatic heterocycles. The predicted molar refractivity (Wildman–Crippen MR) is 108 cm³/mol. The summed E-state index contributed by atoms with van der Waals surface area (Å²) >= 11 is 3.12. The first-order chi connectivity index (χ1) is 13.1. The van der Waals surface area contributed by atoms with Crippen LogP contribution < -0.4 is 14.3 Å². The van der Waals surface area contributed by atoms with Crippen molar-refractivity contribution in [3.63, 3.8) is 0 Å². The number of aromatic nitrogens is 1. The van der Waals surface area contributed by atoms with Crippen LogP contribution in [-0.4, -0.2) is 36.7 Å². The Labute approximate surface area is 164 Å². The van der Waals surface area contributed by atoms with Crippen LogP contribution >= 0.6 is 23.1 Å². The second kappa shape index (κ2) is 8.58. The normalized spacial score (nSPS) is 11.8. The van der Waals surface area contributed by atoms with Gasteiger partial charge in [0.1, 0.15) is 5.82 Å². The van der Waals surface area contributed by atoms with Gasteiger partial charge in [-0.2, -0.15) is 16.8 Å². The van der Waals surface area contributed by atoms with Crippen LogP contribution in [0, 0.1) is 5.82 Å². The largest absolute Gasteiger partial charge is 0.493 e. The molecule has 0 bridgehead atoms. The summed E-state index contributed by atoms with van der Waals surface area (Å²) in [5, 5.41) is 0. The smallest absolute Gasteiger partial charge is 0.279 e. The molecule has 5 nitrogen and oxygen atoms in total. The Morgan fingerprint density at radius 3 is 2.48 bits per heavy atom. The van der Waals surface area contributed by atoms with Crippen molar-refractivity contribution in [1.82, 2.24) is 4.57 Å². The van der Waals surface area contributed by atoms with E-state index in [1.165, 1.54) is 35.6 Å². The fourth-order valence-electron chi connectivity index (χ4n) is 2.62. The van der Waals surface area contributed by atoms with Gasteiger partial charge in [-0.3, -0.25) is 4.79 Å². The molecular weight excluding hydrogens is 387 g/mol. The number of hydrogen-bond acceptors (Lipinski definition) is 5. The fourth-order valence-corrected chi connectivity index (χ4v) is 4.05. The van der Waals surface area contributed by atoms with Crippen molar-refractivity contribution in [2.75, 3.05) is 26.2 Å². The summed E-state index contributed by atoms with van der Waals surface area (Å²) < 4.78 is 26.8. The highest BCUT2D eigenvalue weighted by molar-refractivity contribution is 7.98. The molecule has 142 valence electrons. The molecule has 0 spiro atoms. The van der Waals surface area contributed by atoms with Crippen LogP contribution in [0.25, 0.3) is 10.2 Å². The van der Waals surface area contributed by atoms with Crippen LogP contribution in [0.15, 0.2) is 41.4 Å². The number of amides is 1. The molecule has 8 heteroatoms. The van der Waals surface area contributed by atoms with Crippen LogP contribution in [0.1, 0.15) is 10.4 Å². The third kappa shape index (κ3) is 4.17. The monoisotopic (exact) mass is 406 g/mol. The molecule has 0 atom stereocenters. The lowest BCUT2D eigenvalue weighted by Crippen LogP contribution is -2.18. The third-order valence-corrected chi connectivity index (χ3v) is 5.63. The summed E-state index contributed by atoms with van der Waals surface area (Å²) in [5.41, 5.74) is 1.28. The standard InChI is InChI=1S/C19H19FN2O3S2/c1-24-15-10-14-17(11-16(15)25-2)27-19(22(14)8-9-26-3)21-18(23)12-4-6-13(20)7-5-12/h4-7,10-11H,8-9H2,1-3H3. The summed E-state index contributed by atoms with van der Waals surface area (Å²) in [5.74, 6) is 1.33. The number of hydrogen-bond donors (Lipinski definition) is 0. The highest BCUT2D eigenvalue weighted by Gasteiger charge is 2.13. The highest BCUT2D eigenvalue weighted by Crippen LogP contribution is 2.33. The van der Waals surface area contributed by atoms with Gasteiger partial charge in [0.2, 0.25) is 0 Å². The molecule has 0 aliphatic heterocycles. The summed E-state index contributed by atoms with van der Waals surface area (Å²) in [6.45, 7) is 0.701. The third-order valence-electron chi connectivity index (χ3n) is 4.00. The SMILES string of the molecule is COc1cc2sc(=NC(=O)c3ccc(F)cc3)n(CCSC)c2cc1OC. The van der Waals surface area contributed by atoms with Crippen molar-refractivity contribution in [1.29, 1.82) is 0 Å². The first-order valence-corrected chi connectivity index (χ1v) is 10.4. The van der Waals surface area contributed by atoms with E-state index >= 15 is 0 Å². The van der Waals surface area contributed by atoms with Crippen LogP contribution in [0.5, 0.6) is 11.5 Å². The second-order valence-corrected chi connectivity index (χ2v) is 7.62. The van der Waals surface area contributed by atoms with E-state index < -0.39 is 5.91 Å². The van der Waals surface area contributed by atoms with E-state index in [1.807, 2.05) is 23.0 Å². The van der Waals surface area contributed by atoms with Crippen LogP contribution in [0.2, 0.25) is 0 Å². The molecule has 3 rings (SSSR count). The number of thiazole rings is 1. The fraction of sp³-hybridized carbons (Fsp3) is 0.263. The van der Waals surface area contributed by atoms with E-state index in [1.54, 1.807) is 26.0 Å². The van der Waals surface area contributed by atoms with Crippen molar-refractivity contribution in [2.24, 2.45) is 4.99 Å². The average molecular weight is 407 g/mol. The van der Waals surface area contributed by atoms with Crippen molar-refractivity contribution >= 4 is 39.2 Å². The Morgan fingerprint density at radius 2 is 1.85 bits per heavy atom. The van der Waals surface area contributed by atoms with Crippen LogP contribution in [0.4, 0.5) is 4.39 Å². The molecule has 0 aliphatic rings. The maximum absolute atomic E-state index is 13.1. The zero-order valence-corrected chi connectivity index (χ0v) is 16.8. The lowest BCUT2D eigenvalue weighted by Gasteiger charge is -2.09. The van der Waals surface area contributed by atoms with E-state index in [4.69, 9.17) is 9.47 Å². The molecule has 1 heterocycles. The maximum Gasteiger partial charge on any atom is 0.279 e. The number of nitrogens with zero attached hydrogens (tertiary/aromatic N) is 2. The molecule has 0 radical (unpaired) electrons. The van der Waals surface area contributed by atoms with Gasteiger partial charge in [-0.15, -0.1) is 0 Å². The molecule has 27 heavy (non-hydrogen) atoms. The highest BCUT2D eigenvalue weighted by atomic mass is 32.2. The Bertz CT molecular complexity index is 1030. The van der Waals surface area contributed by atoms with Gasteiger partial charge in [0.25, 0.3) is 5.91 Å². The molecule has 1 amide bonds. The molecule has 0 saturated carbocycles. The van der Waals surface area contributed by atoms with Crippen molar-refractivity contribution < 1.29 is 18.7 Å². The summed E-state index contributed by atoms with van der Waals surface area (Å²) in [6, 6.07) is 9.16. The molecule has 0 fully saturated rings. The number of carbonyl (C=O) groups excluding carboxylic acids is 1. The van der Waals surface area contributed by atoms with E-state index in [0.29, 0.717) is 28.4 Å². The Kier molecular flexibility index (Phi) is 6.18. The molecule has 0 saturated heterocycles. The van der Waals surface area contributed by atoms with E-state index in [-0.39, 0.29) is 5.82 Å². The first kappa shape index (κ1) is 19.4. The quantitative estimate of drug-likeness (QED) is 0.622.